The minimum absolute atomic E-state index is 0.165. The molecule has 0 saturated heterocycles. The zero-order valence-electron chi connectivity index (χ0n) is 16.3. The Morgan fingerprint density at radius 2 is 2.07 bits per heavy atom. The Hall–Kier alpha value is -3.12. The van der Waals surface area contributed by atoms with Crippen LogP contribution < -0.4 is 4.74 Å². The normalized spacial score (nSPS) is 11.7. The van der Waals surface area contributed by atoms with Crippen LogP contribution in [-0.4, -0.2) is 33.6 Å². The first-order chi connectivity index (χ1) is 14.0. The summed E-state index contributed by atoms with van der Waals surface area (Å²) in [6.45, 7) is 7.80. The molecule has 0 N–H and O–H groups in total. The largest absolute Gasteiger partial charge is 0.481 e. The number of amides is 1. The maximum atomic E-state index is 12.9. The molecule has 1 heterocycles. The number of halogens is 1. The summed E-state index contributed by atoms with van der Waals surface area (Å²) in [4.78, 5) is 18.9. The van der Waals surface area contributed by atoms with Crippen LogP contribution in [0.1, 0.15) is 18.4 Å². The summed E-state index contributed by atoms with van der Waals surface area (Å²) >= 11 is 6.04. The first kappa shape index (κ1) is 20.6. The molecule has 0 unspecified atom stereocenters. The zero-order chi connectivity index (χ0) is 20.8. The third kappa shape index (κ3) is 5.23. The van der Waals surface area contributed by atoms with E-state index in [0.29, 0.717) is 29.0 Å². The number of aryl methyl sites for hydroxylation is 1. The summed E-state index contributed by atoms with van der Waals surface area (Å²) in [7, 11) is 0. The van der Waals surface area contributed by atoms with Crippen LogP contribution in [0.15, 0.2) is 65.7 Å². The molecule has 0 aliphatic rings. The summed E-state index contributed by atoms with van der Waals surface area (Å²) in [5.74, 6) is 1.19. The molecule has 0 aliphatic carbocycles. The molecule has 6 nitrogen and oxygen atoms in total. The van der Waals surface area contributed by atoms with Crippen molar-refractivity contribution in [1.29, 1.82) is 0 Å². The maximum Gasteiger partial charge on any atom is 0.264 e. The summed E-state index contributed by atoms with van der Waals surface area (Å²) in [5.41, 5.74) is 1.73. The van der Waals surface area contributed by atoms with Crippen molar-refractivity contribution < 1.29 is 14.1 Å². The van der Waals surface area contributed by atoms with E-state index < -0.39 is 6.10 Å². The summed E-state index contributed by atoms with van der Waals surface area (Å²) in [6, 6.07) is 14.8. The van der Waals surface area contributed by atoms with Crippen LogP contribution in [0.3, 0.4) is 0 Å². The molecule has 0 bridgehead atoms. The third-order valence-electron chi connectivity index (χ3n) is 4.28. The van der Waals surface area contributed by atoms with E-state index in [1.807, 2.05) is 37.3 Å². The van der Waals surface area contributed by atoms with Crippen LogP contribution in [0.2, 0.25) is 5.02 Å². The Morgan fingerprint density at radius 3 is 2.76 bits per heavy atom. The number of aromatic nitrogens is 2. The van der Waals surface area contributed by atoms with E-state index in [0.717, 1.165) is 11.1 Å². The van der Waals surface area contributed by atoms with E-state index in [1.165, 1.54) is 0 Å². The molecule has 3 aromatic rings. The van der Waals surface area contributed by atoms with Crippen LogP contribution in [0.5, 0.6) is 5.75 Å². The fourth-order valence-electron chi connectivity index (χ4n) is 2.78. The van der Waals surface area contributed by atoms with E-state index in [-0.39, 0.29) is 12.5 Å². The van der Waals surface area contributed by atoms with E-state index >= 15 is 0 Å². The predicted octanol–water partition coefficient (Wildman–Crippen LogP) is 4.68. The van der Waals surface area contributed by atoms with Crippen molar-refractivity contribution in [3.05, 3.63) is 77.7 Å². The van der Waals surface area contributed by atoms with Gasteiger partial charge < -0.3 is 14.2 Å². The molecular formula is C22H22ClN3O3. The molecule has 1 amide bonds. The summed E-state index contributed by atoms with van der Waals surface area (Å²) in [5, 5.41) is 4.64. The van der Waals surface area contributed by atoms with Gasteiger partial charge >= 0.3 is 0 Å². The number of carbonyl (C=O) groups excluding carboxylic acids is 1. The van der Waals surface area contributed by atoms with Crippen LogP contribution in [-0.2, 0) is 11.3 Å². The van der Waals surface area contributed by atoms with Gasteiger partial charge in [-0.2, -0.15) is 4.98 Å². The molecule has 150 valence electrons. The lowest BCUT2D eigenvalue weighted by Gasteiger charge is -2.23. The quantitative estimate of drug-likeness (QED) is 0.503. The maximum absolute atomic E-state index is 12.9. The van der Waals surface area contributed by atoms with Gasteiger partial charge in [0.05, 0.1) is 0 Å². The molecule has 2 aromatic carbocycles. The van der Waals surface area contributed by atoms with Crippen molar-refractivity contribution in [2.45, 2.75) is 26.5 Å². The highest BCUT2D eigenvalue weighted by molar-refractivity contribution is 6.31. The minimum Gasteiger partial charge on any atom is -0.481 e. The summed E-state index contributed by atoms with van der Waals surface area (Å²) in [6.07, 6.45) is 0.943. The molecule has 0 saturated carbocycles. The minimum atomic E-state index is -0.702. The van der Waals surface area contributed by atoms with Crippen LogP contribution in [0, 0.1) is 6.92 Å². The van der Waals surface area contributed by atoms with Crippen molar-refractivity contribution in [2.75, 3.05) is 6.54 Å². The highest BCUT2D eigenvalue weighted by atomic mass is 35.5. The second-order valence-corrected chi connectivity index (χ2v) is 6.96. The van der Waals surface area contributed by atoms with Crippen molar-refractivity contribution in [3.63, 3.8) is 0 Å². The topological polar surface area (TPSA) is 68.5 Å². The third-order valence-corrected chi connectivity index (χ3v) is 4.70. The number of ether oxygens (including phenoxy) is 1. The number of benzene rings is 2. The van der Waals surface area contributed by atoms with E-state index in [2.05, 4.69) is 16.7 Å². The smallest absolute Gasteiger partial charge is 0.264 e. The monoisotopic (exact) mass is 411 g/mol. The van der Waals surface area contributed by atoms with Crippen LogP contribution in [0.4, 0.5) is 0 Å². The highest BCUT2D eigenvalue weighted by Gasteiger charge is 2.24. The number of nitrogens with zero attached hydrogens (tertiary/aromatic N) is 3. The van der Waals surface area contributed by atoms with Crippen LogP contribution >= 0.6 is 11.6 Å². The number of carbonyl (C=O) groups is 1. The van der Waals surface area contributed by atoms with Gasteiger partial charge in [-0.15, -0.1) is 6.58 Å². The van der Waals surface area contributed by atoms with Crippen LogP contribution in [0.25, 0.3) is 11.4 Å². The molecular weight excluding hydrogens is 390 g/mol. The lowest BCUT2D eigenvalue weighted by molar-refractivity contribution is -0.138. The van der Waals surface area contributed by atoms with Gasteiger partial charge in [0.25, 0.3) is 5.91 Å². The Kier molecular flexibility index (Phi) is 6.67. The van der Waals surface area contributed by atoms with Gasteiger partial charge in [0, 0.05) is 17.1 Å². The number of hydrogen-bond donors (Lipinski definition) is 0. The molecule has 0 spiro atoms. The molecule has 1 atom stereocenters. The fraction of sp³-hybridized carbons (Fsp3) is 0.227. The lowest BCUT2D eigenvalue weighted by atomic mass is 10.2. The molecule has 29 heavy (non-hydrogen) atoms. The Bertz CT molecular complexity index is 988. The van der Waals surface area contributed by atoms with Crippen molar-refractivity contribution in [3.8, 4) is 17.1 Å². The van der Waals surface area contributed by atoms with Gasteiger partial charge in [-0.25, -0.2) is 0 Å². The Morgan fingerprint density at radius 1 is 1.31 bits per heavy atom. The second-order valence-electron chi connectivity index (χ2n) is 6.56. The number of rotatable bonds is 8. The van der Waals surface area contributed by atoms with E-state index in [9.17, 15) is 4.79 Å². The molecule has 1 aromatic heterocycles. The SMILES string of the molecule is C=CCN(Cc1nc(-c2ccccc2)no1)C(=O)[C@H](C)Oc1ccc(Cl)c(C)c1. The van der Waals surface area contributed by atoms with Crippen molar-refractivity contribution in [2.24, 2.45) is 0 Å². The second kappa shape index (κ2) is 9.39. The average Bonchev–Trinajstić information content (AvgIpc) is 3.19. The first-order valence-corrected chi connectivity index (χ1v) is 9.56. The van der Waals surface area contributed by atoms with Gasteiger partial charge in [0.2, 0.25) is 11.7 Å². The summed E-state index contributed by atoms with van der Waals surface area (Å²) < 4.78 is 11.1. The first-order valence-electron chi connectivity index (χ1n) is 9.18. The standard InChI is InChI=1S/C22H22ClN3O3/c1-4-12-26(14-20-24-21(25-29-20)17-8-6-5-7-9-17)22(27)16(3)28-18-10-11-19(23)15(2)13-18/h4-11,13,16H,1,12,14H2,2-3H3/t16-/m0/s1. The zero-order valence-corrected chi connectivity index (χ0v) is 17.1. The van der Waals surface area contributed by atoms with E-state index in [1.54, 1.807) is 36.1 Å². The van der Waals surface area contributed by atoms with E-state index in [4.69, 9.17) is 20.9 Å². The van der Waals surface area contributed by atoms with Gasteiger partial charge in [0.15, 0.2) is 6.10 Å². The molecule has 3 rings (SSSR count). The lowest BCUT2D eigenvalue weighted by Crippen LogP contribution is -2.40. The molecule has 0 radical (unpaired) electrons. The molecule has 7 heteroatoms. The Balaban J connectivity index is 1.70. The van der Waals surface area contributed by atoms with Gasteiger partial charge in [0.1, 0.15) is 12.3 Å². The molecule has 0 aliphatic heterocycles. The predicted molar refractivity (Wildman–Crippen MR) is 112 cm³/mol. The van der Waals surface area contributed by atoms with Gasteiger partial charge in [-0.05, 0) is 37.6 Å². The van der Waals surface area contributed by atoms with Crippen molar-refractivity contribution in [1.82, 2.24) is 15.0 Å². The van der Waals surface area contributed by atoms with Gasteiger partial charge in [-0.1, -0.05) is 53.2 Å². The molecule has 0 fully saturated rings. The van der Waals surface area contributed by atoms with Crippen molar-refractivity contribution >= 4 is 17.5 Å². The average molecular weight is 412 g/mol. The fourth-order valence-corrected chi connectivity index (χ4v) is 2.89. The Labute approximate surface area is 174 Å². The number of hydrogen-bond acceptors (Lipinski definition) is 5. The highest BCUT2D eigenvalue weighted by Crippen LogP contribution is 2.22. The van der Waals surface area contributed by atoms with Gasteiger partial charge in [-0.3, -0.25) is 4.79 Å².